The largest absolute Gasteiger partial charge is 0.359 e. The summed E-state index contributed by atoms with van der Waals surface area (Å²) in [5, 5.41) is 7.08. The number of carbonyl (C=O) groups excluding carboxylic acids is 1. The van der Waals surface area contributed by atoms with Crippen LogP contribution in [0.15, 0.2) is 4.52 Å². The minimum Gasteiger partial charge on any atom is -0.359 e. The second-order valence-electron chi connectivity index (χ2n) is 6.98. The molecule has 1 N–H and O–H groups in total. The van der Waals surface area contributed by atoms with Crippen molar-refractivity contribution in [3.05, 3.63) is 17.0 Å². The van der Waals surface area contributed by atoms with Crippen molar-refractivity contribution in [2.75, 3.05) is 20.1 Å². The SMILES string of the molecule is CCCCN(C)C(C)C(CC)(CC)CNC(=O)c1noc(CI)c1C. The molecule has 0 saturated heterocycles. The molecule has 0 radical (unpaired) electrons. The summed E-state index contributed by atoms with van der Waals surface area (Å²) in [6.45, 7) is 12.6. The van der Waals surface area contributed by atoms with Gasteiger partial charge in [0, 0.05) is 23.6 Å². The van der Waals surface area contributed by atoms with Crippen LogP contribution in [0.3, 0.4) is 0 Å². The van der Waals surface area contributed by atoms with E-state index in [1.807, 2.05) is 6.92 Å². The second-order valence-corrected chi connectivity index (χ2v) is 7.74. The van der Waals surface area contributed by atoms with Crippen molar-refractivity contribution in [3.8, 4) is 0 Å². The number of alkyl halides is 1. The summed E-state index contributed by atoms with van der Waals surface area (Å²) in [6.07, 6.45) is 4.45. The highest BCUT2D eigenvalue weighted by molar-refractivity contribution is 14.1. The fraction of sp³-hybridized carbons (Fsp3) is 0.789. The molecule has 0 fully saturated rings. The van der Waals surface area contributed by atoms with Crippen molar-refractivity contribution in [2.45, 2.75) is 70.8 Å². The third-order valence-corrected chi connectivity index (χ3v) is 6.47. The van der Waals surface area contributed by atoms with Crippen LogP contribution in [0.25, 0.3) is 0 Å². The molecule has 0 aliphatic carbocycles. The summed E-state index contributed by atoms with van der Waals surface area (Å²) >= 11 is 2.22. The first-order valence-corrected chi connectivity index (χ1v) is 10.9. The number of hydrogen-bond donors (Lipinski definition) is 1. The Hall–Kier alpha value is -0.630. The van der Waals surface area contributed by atoms with Crippen molar-refractivity contribution >= 4 is 28.5 Å². The van der Waals surface area contributed by atoms with Gasteiger partial charge in [-0.15, -0.1) is 0 Å². The average Bonchev–Trinajstić information content (AvgIpc) is 3.01. The van der Waals surface area contributed by atoms with Crippen LogP contribution in [0, 0.1) is 12.3 Å². The number of unbranched alkanes of at least 4 members (excludes halogenated alkanes) is 1. The lowest BCUT2D eigenvalue weighted by atomic mass is 9.75. The molecule has 1 heterocycles. The molecular weight excluding hydrogens is 429 g/mol. The van der Waals surface area contributed by atoms with Crippen LogP contribution in [0.1, 0.15) is 75.2 Å². The quantitative estimate of drug-likeness (QED) is 0.386. The molecule has 0 bridgehead atoms. The van der Waals surface area contributed by atoms with Crippen molar-refractivity contribution in [1.29, 1.82) is 0 Å². The summed E-state index contributed by atoms with van der Waals surface area (Å²) < 4.78 is 5.97. The van der Waals surface area contributed by atoms with E-state index in [0.29, 0.717) is 18.3 Å². The number of aromatic nitrogens is 1. The molecule has 0 saturated carbocycles. The second kappa shape index (κ2) is 10.5. The van der Waals surface area contributed by atoms with Gasteiger partial charge in [-0.05, 0) is 46.7 Å². The Morgan fingerprint density at radius 1 is 1.36 bits per heavy atom. The van der Waals surface area contributed by atoms with E-state index in [-0.39, 0.29) is 11.3 Å². The molecular formula is C19H34IN3O2. The van der Waals surface area contributed by atoms with E-state index >= 15 is 0 Å². The fourth-order valence-corrected chi connectivity index (χ4v) is 4.06. The molecule has 0 spiro atoms. The lowest BCUT2D eigenvalue weighted by Crippen LogP contribution is -2.50. The van der Waals surface area contributed by atoms with Gasteiger partial charge in [-0.2, -0.15) is 0 Å². The molecule has 1 rings (SSSR count). The van der Waals surface area contributed by atoms with Crippen molar-refractivity contribution in [3.63, 3.8) is 0 Å². The van der Waals surface area contributed by atoms with Gasteiger partial charge in [0.1, 0.15) is 5.76 Å². The third kappa shape index (κ3) is 5.42. The van der Waals surface area contributed by atoms with Gasteiger partial charge >= 0.3 is 0 Å². The Kier molecular flexibility index (Phi) is 9.41. The predicted octanol–water partition coefficient (Wildman–Crippen LogP) is 4.57. The number of nitrogens with zero attached hydrogens (tertiary/aromatic N) is 2. The van der Waals surface area contributed by atoms with E-state index in [0.717, 1.165) is 35.1 Å². The number of hydrogen-bond acceptors (Lipinski definition) is 4. The summed E-state index contributed by atoms with van der Waals surface area (Å²) in [6, 6.07) is 0.401. The van der Waals surface area contributed by atoms with Crippen LogP contribution >= 0.6 is 22.6 Å². The average molecular weight is 463 g/mol. The molecule has 0 aliphatic rings. The minimum absolute atomic E-state index is 0.0574. The first-order chi connectivity index (χ1) is 11.9. The van der Waals surface area contributed by atoms with Gasteiger partial charge < -0.3 is 14.7 Å². The Balaban J connectivity index is 2.82. The van der Waals surface area contributed by atoms with Crippen LogP contribution in [0.4, 0.5) is 0 Å². The molecule has 1 aromatic heterocycles. The number of amides is 1. The smallest absolute Gasteiger partial charge is 0.273 e. The van der Waals surface area contributed by atoms with Crippen LogP contribution in [0.5, 0.6) is 0 Å². The number of rotatable bonds is 11. The van der Waals surface area contributed by atoms with E-state index in [2.05, 4.69) is 72.7 Å². The first-order valence-electron chi connectivity index (χ1n) is 9.36. The van der Waals surface area contributed by atoms with Gasteiger partial charge in [0.2, 0.25) is 0 Å². The predicted molar refractivity (Wildman–Crippen MR) is 111 cm³/mol. The summed E-state index contributed by atoms with van der Waals surface area (Å²) in [7, 11) is 2.19. The van der Waals surface area contributed by atoms with Crippen LogP contribution in [-0.2, 0) is 4.43 Å². The number of nitrogens with one attached hydrogen (secondary N) is 1. The Morgan fingerprint density at radius 3 is 2.48 bits per heavy atom. The van der Waals surface area contributed by atoms with Gasteiger partial charge in [0.15, 0.2) is 5.69 Å². The van der Waals surface area contributed by atoms with Gasteiger partial charge in [-0.25, -0.2) is 0 Å². The molecule has 1 unspecified atom stereocenters. The fourth-order valence-electron chi connectivity index (χ4n) is 3.35. The first kappa shape index (κ1) is 22.4. The monoisotopic (exact) mass is 463 g/mol. The van der Waals surface area contributed by atoms with E-state index in [4.69, 9.17) is 4.52 Å². The lowest BCUT2D eigenvalue weighted by molar-refractivity contribution is 0.0720. The highest BCUT2D eigenvalue weighted by atomic mass is 127. The van der Waals surface area contributed by atoms with Gasteiger partial charge in [0.25, 0.3) is 5.91 Å². The zero-order chi connectivity index (χ0) is 19.0. The molecule has 144 valence electrons. The van der Waals surface area contributed by atoms with Gasteiger partial charge in [-0.1, -0.05) is 54.9 Å². The van der Waals surface area contributed by atoms with Crippen LogP contribution < -0.4 is 5.32 Å². The van der Waals surface area contributed by atoms with Gasteiger partial charge in [0.05, 0.1) is 4.43 Å². The molecule has 0 aliphatic heterocycles. The summed E-state index contributed by atoms with van der Waals surface area (Å²) in [5.74, 6) is 0.641. The summed E-state index contributed by atoms with van der Waals surface area (Å²) in [5.41, 5.74) is 1.32. The van der Waals surface area contributed by atoms with Crippen molar-refractivity contribution in [2.24, 2.45) is 5.41 Å². The van der Waals surface area contributed by atoms with Crippen molar-refractivity contribution in [1.82, 2.24) is 15.4 Å². The minimum atomic E-state index is -0.132. The van der Waals surface area contributed by atoms with Crippen LogP contribution in [0.2, 0.25) is 0 Å². The molecule has 25 heavy (non-hydrogen) atoms. The van der Waals surface area contributed by atoms with E-state index in [1.165, 1.54) is 12.8 Å². The summed E-state index contributed by atoms with van der Waals surface area (Å²) in [4.78, 5) is 15.0. The van der Waals surface area contributed by atoms with Crippen LogP contribution in [-0.4, -0.2) is 42.1 Å². The maximum absolute atomic E-state index is 12.6. The Morgan fingerprint density at radius 2 is 2.00 bits per heavy atom. The molecule has 5 nitrogen and oxygen atoms in total. The van der Waals surface area contributed by atoms with E-state index < -0.39 is 0 Å². The maximum atomic E-state index is 12.6. The molecule has 0 aromatic carbocycles. The number of halogens is 1. The standard InChI is InChI=1S/C19H34IN3O2/c1-7-10-11-23(6)15(5)19(8-2,9-3)13-21-18(24)17-14(4)16(12-20)25-22-17/h15H,7-13H2,1-6H3,(H,21,24). The van der Waals surface area contributed by atoms with E-state index in [1.54, 1.807) is 0 Å². The highest BCUT2D eigenvalue weighted by Gasteiger charge is 2.35. The Bertz CT molecular complexity index is 541. The van der Waals surface area contributed by atoms with E-state index in [9.17, 15) is 4.79 Å². The topological polar surface area (TPSA) is 58.4 Å². The zero-order valence-corrected chi connectivity index (χ0v) is 18.8. The molecule has 6 heteroatoms. The lowest BCUT2D eigenvalue weighted by Gasteiger charge is -2.42. The normalized spacial score (nSPS) is 13.3. The molecule has 1 aromatic rings. The highest BCUT2D eigenvalue weighted by Crippen LogP contribution is 2.33. The molecule has 1 atom stereocenters. The molecule has 1 amide bonds. The third-order valence-electron chi connectivity index (χ3n) is 5.78. The Labute approximate surface area is 166 Å². The maximum Gasteiger partial charge on any atom is 0.273 e. The number of carbonyl (C=O) groups is 1. The zero-order valence-electron chi connectivity index (χ0n) is 16.6. The van der Waals surface area contributed by atoms with Gasteiger partial charge in [-0.3, -0.25) is 4.79 Å². The van der Waals surface area contributed by atoms with Crippen molar-refractivity contribution < 1.29 is 9.32 Å².